The molecule has 0 saturated heterocycles. The first kappa shape index (κ1) is 16.8. The quantitative estimate of drug-likeness (QED) is 0.801. The van der Waals surface area contributed by atoms with Crippen molar-refractivity contribution < 1.29 is 9.53 Å². The Labute approximate surface area is 132 Å². The monoisotopic (exact) mass is 305 g/mol. The third-order valence-corrected chi connectivity index (χ3v) is 4.21. The molecule has 1 fully saturated rings. The zero-order valence-electron chi connectivity index (χ0n) is 13.5. The lowest BCUT2D eigenvalue weighted by atomic mass is 10.0. The number of rotatable bonds is 7. The molecule has 1 aliphatic rings. The molecule has 1 amide bonds. The number of carbonyl (C=O) groups excluding carboxylic acids is 1. The van der Waals surface area contributed by atoms with Gasteiger partial charge in [-0.05, 0) is 51.5 Å². The Kier molecular flexibility index (Phi) is 6.21. The summed E-state index contributed by atoms with van der Waals surface area (Å²) in [6.07, 6.45) is 3.24. The molecule has 5 nitrogen and oxygen atoms in total. The number of benzene rings is 1. The Balaban J connectivity index is 1.99. The lowest BCUT2D eigenvalue weighted by molar-refractivity contribution is 0.0924. The highest BCUT2D eigenvalue weighted by molar-refractivity contribution is 5.97. The van der Waals surface area contributed by atoms with Gasteiger partial charge in [-0.25, -0.2) is 0 Å². The van der Waals surface area contributed by atoms with Crippen molar-refractivity contribution in [2.45, 2.75) is 25.3 Å². The van der Waals surface area contributed by atoms with Crippen molar-refractivity contribution in [1.29, 1.82) is 0 Å². The number of carbonyl (C=O) groups is 1. The molecule has 1 saturated carbocycles. The maximum absolute atomic E-state index is 12.5. The molecular formula is C17H27N3O2. The number of nitrogens with one attached hydrogen (secondary N) is 1. The number of ether oxygens (including phenoxy) is 1. The van der Waals surface area contributed by atoms with Gasteiger partial charge in [-0.3, -0.25) is 4.79 Å². The van der Waals surface area contributed by atoms with Crippen LogP contribution < -0.4 is 15.8 Å². The first-order chi connectivity index (χ1) is 10.6. The number of likely N-dealkylation sites (N-methyl/N-ethyl adjacent to an activating group) is 1. The average Bonchev–Trinajstić information content (AvgIpc) is 2.94. The Hall–Kier alpha value is -1.59. The molecule has 0 bridgehead atoms. The molecule has 2 rings (SSSR count). The van der Waals surface area contributed by atoms with Gasteiger partial charge in [0.2, 0.25) is 0 Å². The van der Waals surface area contributed by atoms with Crippen molar-refractivity contribution in [3.8, 4) is 5.75 Å². The molecule has 1 aromatic rings. The van der Waals surface area contributed by atoms with Crippen LogP contribution in [0.5, 0.6) is 5.75 Å². The van der Waals surface area contributed by atoms with Crippen molar-refractivity contribution in [2.24, 2.45) is 11.7 Å². The lowest BCUT2D eigenvalue weighted by Gasteiger charge is -2.20. The van der Waals surface area contributed by atoms with E-state index in [4.69, 9.17) is 10.5 Å². The summed E-state index contributed by atoms with van der Waals surface area (Å²) < 4.78 is 5.76. The molecule has 0 aromatic heterocycles. The largest absolute Gasteiger partial charge is 0.491 e. The van der Waals surface area contributed by atoms with E-state index in [0.717, 1.165) is 25.8 Å². The van der Waals surface area contributed by atoms with E-state index in [1.54, 1.807) is 0 Å². The van der Waals surface area contributed by atoms with E-state index >= 15 is 0 Å². The van der Waals surface area contributed by atoms with Gasteiger partial charge in [0.05, 0.1) is 5.56 Å². The van der Waals surface area contributed by atoms with Crippen LogP contribution in [0.4, 0.5) is 0 Å². The topological polar surface area (TPSA) is 67.6 Å². The van der Waals surface area contributed by atoms with Gasteiger partial charge >= 0.3 is 0 Å². The molecule has 0 radical (unpaired) electrons. The Morgan fingerprint density at radius 1 is 1.36 bits per heavy atom. The second kappa shape index (κ2) is 8.15. The van der Waals surface area contributed by atoms with Gasteiger partial charge in [-0.15, -0.1) is 0 Å². The van der Waals surface area contributed by atoms with E-state index in [1.165, 1.54) is 0 Å². The van der Waals surface area contributed by atoms with E-state index in [2.05, 4.69) is 5.32 Å². The summed E-state index contributed by atoms with van der Waals surface area (Å²) in [7, 11) is 3.99. The minimum atomic E-state index is -0.0641. The third kappa shape index (κ3) is 4.45. The van der Waals surface area contributed by atoms with Crippen LogP contribution in [0.3, 0.4) is 0 Å². The van der Waals surface area contributed by atoms with Crippen LogP contribution in [0.1, 0.15) is 29.6 Å². The lowest BCUT2D eigenvalue weighted by Crippen LogP contribution is -2.40. The van der Waals surface area contributed by atoms with Crippen molar-refractivity contribution in [2.75, 3.05) is 33.8 Å². The standard InChI is InChI=1S/C17H27N3O2/c1-20(2)10-11-22-16-9-4-3-7-14(16)17(21)19-15-8-5-6-13(15)12-18/h3-4,7,9,13,15H,5-6,8,10-12,18H2,1-2H3,(H,19,21). The minimum Gasteiger partial charge on any atom is -0.491 e. The van der Waals surface area contributed by atoms with Gasteiger partial charge in [-0.2, -0.15) is 0 Å². The predicted octanol–water partition coefficient (Wildman–Crippen LogP) is 1.48. The Morgan fingerprint density at radius 3 is 2.86 bits per heavy atom. The van der Waals surface area contributed by atoms with Gasteiger partial charge in [0.1, 0.15) is 12.4 Å². The molecule has 22 heavy (non-hydrogen) atoms. The fourth-order valence-electron chi connectivity index (χ4n) is 2.87. The first-order valence-corrected chi connectivity index (χ1v) is 7.99. The van der Waals surface area contributed by atoms with Gasteiger partial charge in [0.25, 0.3) is 5.91 Å². The summed E-state index contributed by atoms with van der Waals surface area (Å²) in [5, 5.41) is 3.13. The zero-order valence-corrected chi connectivity index (χ0v) is 13.5. The summed E-state index contributed by atoms with van der Waals surface area (Å²) in [6.45, 7) is 2.01. The summed E-state index contributed by atoms with van der Waals surface area (Å²) in [5.74, 6) is 0.973. The van der Waals surface area contributed by atoms with Gasteiger partial charge in [-0.1, -0.05) is 18.6 Å². The molecule has 2 unspecified atom stereocenters. The molecule has 0 spiro atoms. The number of para-hydroxylation sites is 1. The number of hydrogen-bond acceptors (Lipinski definition) is 4. The SMILES string of the molecule is CN(C)CCOc1ccccc1C(=O)NC1CCCC1CN. The number of nitrogens with two attached hydrogens (primary N) is 1. The first-order valence-electron chi connectivity index (χ1n) is 7.99. The van der Waals surface area contributed by atoms with Gasteiger partial charge in [0.15, 0.2) is 0 Å². The maximum atomic E-state index is 12.5. The van der Waals surface area contributed by atoms with Crippen LogP contribution in [-0.4, -0.2) is 50.6 Å². The second-order valence-electron chi connectivity index (χ2n) is 6.15. The second-order valence-corrected chi connectivity index (χ2v) is 6.15. The molecule has 0 aliphatic heterocycles. The van der Waals surface area contributed by atoms with E-state index < -0.39 is 0 Å². The highest BCUT2D eigenvalue weighted by Crippen LogP contribution is 2.26. The molecule has 1 aliphatic carbocycles. The normalized spacial score (nSPS) is 21.1. The molecule has 5 heteroatoms. The van der Waals surface area contributed by atoms with Crippen LogP contribution >= 0.6 is 0 Å². The van der Waals surface area contributed by atoms with Crippen molar-refractivity contribution in [3.63, 3.8) is 0 Å². The molecule has 0 heterocycles. The van der Waals surface area contributed by atoms with E-state index in [0.29, 0.717) is 30.4 Å². The molecule has 1 aromatic carbocycles. The summed E-state index contributed by atoms with van der Waals surface area (Å²) in [5.41, 5.74) is 6.38. The molecular weight excluding hydrogens is 278 g/mol. The Morgan fingerprint density at radius 2 is 2.14 bits per heavy atom. The van der Waals surface area contributed by atoms with Crippen LogP contribution in [0, 0.1) is 5.92 Å². The van der Waals surface area contributed by atoms with Crippen LogP contribution in [-0.2, 0) is 0 Å². The fourth-order valence-corrected chi connectivity index (χ4v) is 2.87. The maximum Gasteiger partial charge on any atom is 0.255 e. The number of hydrogen-bond donors (Lipinski definition) is 2. The van der Waals surface area contributed by atoms with E-state index in [1.807, 2.05) is 43.3 Å². The molecule has 2 atom stereocenters. The minimum absolute atomic E-state index is 0.0641. The van der Waals surface area contributed by atoms with Crippen molar-refractivity contribution in [3.05, 3.63) is 29.8 Å². The number of nitrogens with zero attached hydrogens (tertiary/aromatic N) is 1. The third-order valence-electron chi connectivity index (χ3n) is 4.21. The van der Waals surface area contributed by atoms with Crippen LogP contribution in [0.15, 0.2) is 24.3 Å². The van der Waals surface area contributed by atoms with Crippen LogP contribution in [0.25, 0.3) is 0 Å². The summed E-state index contributed by atoms with van der Waals surface area (Å²) in [6, 6.07) is 7.60. The highest BCUT2D eigenvalue weighted by atomic mass is 16.5. The van der Waals surface area contributed by atoms with Crippen molar-refractivity contribution in [1.82, 2.24) is 10.2 Å². The average molecular weight is 305 g/mol. The van der Waals surface area contributed by atoms with Gasteiger partial charge < -0.3 is 20.7 Å². The summed E-state index contributed by atoms with van der Waals surface area (Å²) >= 11 is 0. The van der Waals surface area contributed by atoms with Crippen LogP contribution in [0.2, 0.25) is 0 Å². The van der Waals surface area contributed by atoms with Gasteiger partial charge in [0, 0.05) is 12.6 Å². The highest BCUT2D eigenvalue weighted by Gasteiger charge is 2.28. The van der Waals surface area contributed by atoms with E-state index in [-0.39, 0.29) is 11.9 Å². The predicted molar refractivity (Wildman–Crippen MR) is 88.1 cm³/mol. The molecule has 122 valence electrons. The van der Waals surface area contributed by atoms with Crippen molar-refractivity contribution >= 4 is 5.91 Å². The Bertz CT molecular complexity index is 491. The zero-order chi connectivity index (χ0) is 15.9. The smallest absolute Gasteiger partial charge is 0.255 e. The molecule has 3 N–H and O–H groups in total. The summed E-state index contributed by atoms with van der Waals surface area (Å²) in [4.78, 5) is 14.6. The van der Waals surface area contributed by atoms with E-state index in [9.17, 15) is 4.79 Å². The number of amides is 1. The fraction of sp³-hybridized carbons (Fsp3) is 0.588.